The van der Waals surface area contributed by atoms with Crippen LogP contribution in [0.1, 0.15) is 22.7 Å². The largest absolute Gasteiger partial charge is 0.354 e. The first-order valence-electron chi connectivity index (χ1n) is 9.38. The summed E-state index contributed by atoms with van der Waals surface area (Å²) in [5, 5.41) is 7.20. The fourth-order valence-electron chi connectivity index (χ4n) is 3.00. The number of benzene rings is 1. The average Bonchev–Trinajstić information content (AvgIpc) is 2.74. The van der Waals surface area contributed by atoms with E-state index in [1.165, 1.54) is 0 Å². The number of nitrogens with zero attached hydrogens (tertiary/aromatic N) is 2. The van der Waals surface area contributed by atoms with E-state index in [0.717, 1.165) is 17.5 Å². The minimum atomic E-state index is -0.648. The van der Waals surface area contributed by atoms with E-state index in [9.17, 15) is 4.79 Å². The molecule has 2 heterocycles. The smallest absolute Gasteiger partial charge is 0.241 e. The maximum atomic E-state index is 13.0. The number of hydrogen-bond acceptors (Lipinski definition) is 4. The molecule has 2 N–H and O–H groups in total. The van der Waals surface area contributed by atoms with Crippen LogP contribution in [-0.4, -0.2) is 29.0 Å². The summed E-state index contributed by atoms with van der Waals surface area (Å²) in [4.78, 5) is 21.1. The van der Waals surface area contributed by atoms with Crippen molar-refractivity contribution < 1.29 is 4.79 Å². The van der Waals surface area contributed by atoms with Gasteiger partial charge in [-0.05, 0) is 54.3 Å². The Morgan fingerprint density at radius 1 is 0.862 bits per heavy atom. The summed E-state index contributed by atoms with van der Waals surface area (Å²) in [6.45, 7) is 1.08. The normalized spacial score (nSPS) is 11.8. The lowest BCUT2D eigenvalue weighted by Gasteiger charge is -2.21. The van der Waals surface area contributed by atoms with Gasteiger partial charge in [0.1, 0.15) is 6.04 Å². The fourth-order valence-corrected chi connectivity index (χ4v) is 3.62. The second-order valence-corrected chi connectivity index (χ2v) is 7.34. The van der Waals surface area contributed by atoms with E-state index in [0.29, 0.717) is 35.1 Å². The zero-order valence-corrected chi connectivity index (χ0v) is 17.3. The summed E-state index contributed by atoms with van der Waals surface area (Å²) in [5.74, 6) is -0.166. The fraction of sp³-hybridized carbons (Fsp3) is 0.227. The summed E-state index contributed by atoms with van der Waals surface area (Å²) in [6, 6.07) is 12.4. The summed E-state index contributed by atoms with van der Waals surface area (Å²) in [5.41, 5.74) is 2.78. The van der Waals surface area contributed by atoms with Gasteiger partial charge in [0.2, 0.25) is 5.91 Å². The molecule has 0 aliphatic heterocycles. The van der Waals surface area contributed by atoms with Crippen molar-refractivity contribution in [2.45, 2.75) is 18.9 Å². The Labute approximate surface area is 180 Å². The minimum absolute atomic E-state index is 0.166. The van der Waals surface area contributed by atoms with Gasteiger partial charge in [0.15, 0.2) is 0 Å². The number of aromatic nitrogens is 2. The van der Waals surface area contributed by atoms with Crippen LogP contribution in [0.2, 0.25) is 10.0 Å². The van der Waals surface area contributed by atoms with Crippen molar-refractivity contribution in [1.82, 2.24) is 20.6 Å². The van der Waals surface area contributed by atoms with Crippen molar-refractivity contribution in [3.63, 3.8) is 0 Å². The molecule has 150 valence electrons. The van der Waals surface area contributed by atoms with E-state index < -0.39 is 6.04 Å². The first-order valence-corrected chi connectivity index (χ1v) is 10.1. The SMILES string of the molecule is O=C(NCCc1ccncc1)C(NCCc1cccnc1)c1c(Cl)cccc1Cl. The molecule has 0 spiro atoms. The molecule has 3 aromatic rings. The predicted molar refractivity (Wildman–Crippen MR) is 116 cm³/mol. The molecule has 0 bridgehead atoms. The molecule has 3 rings (SSSR count). The minimum Gasteiger partial charge on any atom is -0.354 e. The third kappa shape index (κ3) is 6.26. The monoisotopic (exact) mass is 428 g/mol. The Kier molecular flexibility index (Phi) is 7.99. The van der Waals surface area contributed by atoms with Gasteiger partial charge in [0.25, 0.3) is 0 Å². The second-order valence-electron chi connectivity index (χ2n) is 6.53. The van der Waals surface area contributed by atoms with Crippen LogP contribution in [-0.2, 0) is 17.6 Å². The van der Waals surface area contributed by atoms with Crippen LogP contribution in [0.15, 0.2) is 67.3 Å². The molecule has 2 aromatic heterocycles. The van der Waals surface area contributed by atoms with Gasteiger partial charge in [-0.25, -0.2) is 0 Å². The number of rotatable bonds is 9. The predicted octanol–water partition coefficient (Wildman–Crippen LogP) is 4.02. The maximum absolute atomic E-state index is 13.0. The lowest BCUT2D eigenvalue weighted by atomic mass is 10.0. The van der Waals surface area contributed by atoms with Crippen LogP contribution in [0.4, 0.5) is 0 Å². The molecule has 0 saturated heterocycles. The van der Waals surface area contributed by atoms with E-state index in [1.54, 1.807) is 36.8 Å². The Hall–Kier alpha value is -2.47. The number of hydrogen-bond donors (Lipinski definition) is 2. The maximum Gasteiger partial charge on any atom is 0.241 e. The molecule has 1 aromatic carbocycles. The highest BCUT2D eigenvalue weighted by molar-refractivity contribution is 6.36. The van der Waals surface area contributed by atoms with Gasteiger partial charge in [0.05, 0.1) is 0 Å². The summed E-state index contributed by atoms with van der Waals surface area (Å²) >= 11 is 12.7. The van der Waals surface area contributed by atoms with E-state index in [4.69, 9.17) is 23.2 Å². The Morgan fingerprint density at radius 3 is 2.28 bits per heavy atom. The standard InChI is InChI=1S/C22H22Cl2N4O/c23-18-4-1-5-19(24)20(18)21(27-13-9-17-3-2-10-26-15-17)22(29)28-14-8-16-6-11-25-12-7-16/h1-7,10-12,15,21,27H,8-9,13-14H2,(H,28,29). The summed E-state index contributed by atoms with van der Waals surface area (Å²) < 4.78 is 0. The third-order valence-electron chi connectivity index (χ3n) is 4.50. The molecular weight excluding hydrogens is 407 g/mol. The van der Waals surface area contributed by atoms with E-state index in [1.807, 2.05) is 30.5 Å². The number of amides is 1. The van der Waals surface area contributed by atoms with Crippen molar-refractivity contribution in [1.29, 1.82) is 0 Å². The lowest BCUT2D eigenvalue weighted by molar-refractivity contribution is -0.123. The van der Waals surface area contributed by atoms with Crippen LogP contribution >= 0.6 is 23.2 Å². The van der Waals surface area contributed by atoms with Gasteiger partial charge in [-0.3, -0.25) is 14.8 Å². The summed E-state index contributed by atoms with van der Waals surface area (Å²) in [7, 11) is 0. The van der Waals surface area contributed by atoms with Crippen molar-refractivity contribution >= 4 is 29.1 Å². The molecule has 29 heavy (non-hydrogen) atoms. The lowest BCUT2D eigenvalue weighted by Crippen LogP contribution is -2.39. The van der Waals surface area contributed by atoms with Crippen molar-refractivity contribution in [2.75, 3.05) is 13.1 Å². The van der Waals surface area contributed by atoms with Crippen LogP contribution in [0, 0.1) is 0 Å². The zero-order valence-electron chi connectivity index (χ0n) is 15.8. The van der Waals surface area contributed by atoms with Gasteiger partial charge in [-0.2, -0.15) is 0 Å². The quantitative estimate of drug-likeness (QED) is 0.539. The highest BCUT2D eigenvalue weighted by Crippen LogP contribution is 2.30. The van der Waals surface area contributed by atoms with E-state index in [2.05, 4.69) is 20.6 Å². The second kappa shape index (κ2) is 10.9. The van der Waals surface area contributed by atoms with Crippen molar-refractivity contribution in [3.8, 4) is 0 Å². The van der Waals surface area contributed by atoms with Crippen LogP contribution < -0.4 is 10.6 Å². The Morgan fingerprint density at radius 2 is 1.59 bits per heavy atom. The number of nitrogens with one attached hydrogen (secondary N) is 2. The van der Waals surface area contributed by atoms with Crippen LogP contribution in [0.3, 0.4) is 0 Å². The molecular formula is C22H22Cl2N4O. The molecule has 0 radical (unpaired) electrons. The Balaban J connectivity index is 1.67. The van der Waals surface area contributed by atoms with Crippen LogP contribution in [0.25, 0.3) is 0 Å². The van der Waals surface area contributed by atoms with Gasteiger partial charge < -0.3 is 10.6 Å². The van der Waals surface area contributed by atoms with Gasteiger partial charge in [-0.15, -0.1) is 0 Å². The summed E-state index contributed by atoms with van der Waals surface area (Å²) in [6.07, 6.45) is 8.48. The number of pyridine rings is 2. The molecule has 1 unspecified atom stereocenters. The number of halogens is 2. The highest BCUT2D eigenvalue weighted by atomic mass is 35.5. The highest BCUT2D eigenvalue weighted by Gasteiger charge is 2.24. The Bertz CT molecular complexity index is 902. The number of carbonyl (C=O) groups is 1. The molecule has 0 saturated carbocycles. The molecule has 0 aliphatic carbocycles. The van der Waals surface area contributed by atoms with Crippen molar-refractivity contribution in [3.05, 3.63) is 94.0 Å². The first-order chi connectivity index (χ1) is 14.1. The van der Waals surface area contributed by atoms with Gasteiger partial charge in [0, 0.05) is 53.5 Å². The molecule has 7 heteroatoms. The zero-order chi connectivity index (χ0) is 20.5. The van der Waals surface area contributed by atoms with Gasteiger partial charge in [-0.1, -0.05) is 35.3 Å². The molecule has 1 atom stereocenters. The topological polar surface area (TPSA) is 66.9 Å². The van der Waals surface area contributed by atoms with E-state index >= 15 is 0 Å². The first kappa shape index (κ1) is 21.2. The molecule has 5 nitrogen and oxygen atoms in total. The molecule has 0 fully saturated rings. The molecule has 0 aliphatic rings. The average molecular weight is 429 g/mol. The van der Waals surface area contributed by atoms with Gasteiger partial charge >= 0.3 is 0 Å². The van der Waals surface area contributed by atoms with E-state index in [-0.39, 0.29) is 5.91 Å². The van der Waals surface area contributed by atoms with Crippen molar-refractivity contribution in [2.24, 2.45) is 0 Å². The third-order valence-corrected chi connectivity index (χ3v) is 5.16. The molecule has 1 amide bonds. The number of carbonyl (C=O) groups excluding carboxylic acids is 1. The van der Waals surface area contributed by atoms with Crippen LogP contribution in [0.5, 0.6) is 0 Å².